The van der Waals surface area contributed by atoms with Crippen LogP contribution in [-0.4, -0.2) is 0 Å². The van der Waals surface area contributed by atoms with Gasteiger partial charge < -0.3 is 0 Å². The lowest BCUT2D eigenvalue weighted by Crippen LogP contribution is -2.58. The molecular weight excluding hydrogens is 156 g/mol. The third kappa shape index (κ3) is 0.593. The van der Waals surface area contributed by atoms with Gasteiger partial charge in [0.1, 0.15) is 0 Å². The van der Waals surface area contributed by atoms with Crippen molar-refractivity contribution in [3.63, 3.8) is 0 Å². The van der Waals surface area contributed by atoms with Crippen molar-refractivity contribution < 1.29 is 0 Å². The van der Waals surface area contributed by atoms with Gasteiger partial charge in [0, 0.05) is 0 Å². The molecule has 0 aromatic heterocycles. The summed E-state index contributed by atoms with van der Waals surface area (Å²) >= 11 is 0. The SMILES string of the molecule is CCCC1(C)C2C3CC3C1(C)C2C. The molecule has 0 aliphatic heterocycles. The van der Waals surface area contributed by atoms with Gasteiger partial charge in [0.15, 0.2) is 0 Å². The third-order valence-corrected chi connectivity index (χ3v) is 6.29. The van der Waals surface area contributed by atoms with E-state index >= 15 is 0 Å². The molecule has 6 unspecified atom stereocenters. The Balaban J connectivity index is 1.95. The van der Waals surface area contributed by atoms with Crippen molar-refractivity contribution in [3.05, 3.63) is 0 Å². The monoisotopic (exact) mass is 178 g/mol. The van der Waals surface area contributed by atoms with Gasteiger partial charge in [-0.3, -0.25) is 0 Å². The molecule has 13 heavy (non-hydrogen) atoms. The first-order chi connectivity index (χ1) is 6.07. The average molecular weight is 178 g/mol. The zero-order valence-electron chi connectivity index (χ0n) is 9.43. The van der Waals surface area contributed by atoms with Crippen molar-refractivity contribution in [2.45, 2.75) is 47.0 Å². The molecule has 4 saturated carbocycles. The van der Waals surface area contributed by atoms with Crippen LogP contribution in [0.1, 0.15) is 47.0 Å². The smallest absolute Gasteiger partial charge is 0.0209 e. The Hall–Kier alpha value is 0. The van der Waals surface area contributed by atoms with Crippen molar-refractivity contribution in [1.82, 2.24) is 0 Å². The Morgan fingerprint density at radius 3 is 2.38 bits per heavy atom. The fraction of sp³-hybridized carbons (Fsp3) is 1.00. The predicted molar refractivity (Wildman–Crippen MR) is 55.4 cm³/mol. The second-order valence-electron chi connectivity index (χ2n) is 6.27. The minimum Gasteiger partial charge on any atom is -0.0654 e. The van der Waals surface area contributed by atoms with Crippen molar-refractivity contribution in [2.24, 2.45) is 34.5 Å². The summed E-state index contributed by atoms with van der Waals surface area (Å²) in [6, 6.07) is 0. The molecule has 4 rings (SSSR count). The summed E-state index contributed by atoms with van der Waals surface area (Å²) in [5, 5.41) is 0. The van der Waals surface area contributed by atoms with Gasteiger partial charge >= 0.3 is 0 Å². The predicted octanol–water partition coefficient (Wildman–Crippen LogP) is 3.71. The number of hydrogen-bond acceptors (Lipinski definition) is 0. The molecule has 0 saturated heterocycles. The Kier molecular flexibility index (Phi) is 1.27. The lowest BCUT2D eigenvalue weighted by molar-refractivity contribution is -0.158. The first-order valence-corrected chi connectivity index (χ1v) is 6.07. The van der Waals surface area contributed by atoms with Crippen LogP contribution >= 0.6 is 0 Å². The molecule has 0 N–H and O–H groups in total. The van der Waals surface area contributed by atoms with E-state index in [9.17, 15) is 0 Å². The van der Waals surface area contributed by atoms with Gasteiger partial charge in [-0.15, -0.1) is 0 Å². The molecule has 0 amide bonds. The molecule has 4 fully saturated rings. The van der Waals surface area contributed by atoms with Gasteiger partial charge in [-0.1, -0.05) is 34.1 Å². The van der Waals surface area contributed by atoms with E-state index in [0.717, 1.165) is 34.5 Å². The van der Waals surface area contributed by atoms with E-state index in [1.807, 2.05) is 0 Å². The molecule has 74 valence electrons. The molecular formula is C13H22. The first-order valence-electron chi connectivity index (χ1n) is 6.07. The normalized spacial score (nSPS) is 67.4. The molecule has 0 spiro atoms. The molecule has 0 radical (unpaired) electrons. The van der Waals surface area contributed by atoms with Crippen LogP contribution in [0.25, 0.3) is 0 Å². The zero-order chi connectivity index (χ0) is 9.43. The van der Waals surface area contributed by atoms with Crippen molar-refractivity contribution in [2.75, 3.05) is 0 Å². The Labute approximate surface area is 82.1 Å². The maximum Gasteiger partial charge on any atom is -0.0209 e. The van der Waals surface area contributed by atoms with Gasteiger partial charge in [-0.25, -0.2) is 0 Å². The zero-order valence-corrected chi connectivity index (χ0v) is 9.43. The van der Waals surface area contributed by atoms with E-state index in [4.69, 9.17) is 0 Å². The average Bonchev–Trinajstić information content (AvgIpc) is 2.76. The standard InChI is InChI=1S/C13H22/c1-5-6-12(3)11-8(2)13(12,4)10-7-9(10)11/h8-11H,5-7H2,1-4H3. The van der Waals surface area contributed by atoms with Crippen molar-refractivity contribution >= 4 is 0 Å². The van der Waals surface area contributed by atoms with E-state index in [2.05, 4.69) is 27.7 Å². The fourth-order valence-electron chi connectivity index (χ4n) is 5.57. The van der Waals surface area contributed by atoms with Crippen LogP contribution in [-0.2, 0) is 0 Å². The quantitative estimate of drug-likeness (QED) is 0.604. The summed E-state index contributed by atoms with van der Waals surface area (Å²) in [6.45, 7) is 10.0. The molecule has 0 heterocycles. The second kappa shape index (κ2) is 1.99. The summed E-state index contributed by atoms with van der Waals surface area (Å²) < 4.78 is 0. The van der Waals surface area contributed by atoms with Crippen LogP contribution in [0.15, 0.2) is 0 Å². The topological polar surface area (TPSA) is 0 Å². The van der Waals surface area contributed by atoms with Crippen LogP contribution in [0, 0.1) is 34.5 Å². The number of hydrogen-bond donors (Lipinski definition) is 0. The minimum atomic E-state index is 0.731. The van der Waals surface area contributed by atoms with Gasteiger partial charge in [-0.2, -0.15) is 0 Å². The van der Waals surface area contributed by atoms with Crippen molar-refractivity contribution in [1.29, 1.82) is 0 Å². The number of rotatable bonds is 2. The lowest BCUT2D eigenvalue weighted by atomic mass is 9.41. The van der Waals surface area contributed by atoms with Crippen LogP contribution in [0.4, 0.5) is 0 Å². The van der Waals surface area contributed by atoms with Gasteiger partial charge in [-0.05, 0) is 47.3 Å². The maximum absolute atomic E-state index is 2.58. The fourth-order valence-corrected chi connectivity index (χ4v) is 5.57. The second-order valence-corrected chi connectivity index (χ2v) is 6.27. The maximum atomic E-state index is 2.58. The van der Waals surface area contributed by atoms with Crippen molar-refractivity contribution in [3.8, 4) is 0 Å². The molecule has 0 nitrogen and oxygen atoms in total. The largest absolute Gasteiger partial charge is 0.0654 e. The van der Waals surface area contributed by atoms with E-state index < -0.39 is 0 Å². The Bertz CT molecular complexity index is 253. The molecule has 2 bridgehead atoms. The van der Waals surface area contributed by atoms with Gasteiger partial charge in [0.2, 0.25) is 0 Å². The molecule has 0 aromatic rings. The first kappa shape index (κ1) is 8.32. The van der Waals surface area contributed by atoms with Gasteiger partial charge in [0.05, 0.1) is 0 Å². The molecule has 0 aromatic carbocycles. The molecule has 4 aliphatic carbocycles. The van der Waals surface area contributed by atoms with Crippen LogP contribution in [0.2, 0.25) is 0 Å². The van der Waals surface area contributed by atoms with E-state index in [0.29, 0.717) is 0 Å². The minimum absolute atomic E-state index is 0.731. The summed E-state index contributed by atoms with van der Waals surface area (Å²) in [5.74, 6) is 4.41. The van der Waals surface area contributed by atoms with E-state index in [1.165, 1.54) is 12.8 Å². The Morgan fingerprint density at radius 2 is 2.00 bits per heavy atom. The Morgan fingerprint density at radius 1 is 1.31 bits per heavy atom. The molecule has 4 aliphatic rings. The summed E-state index contributed by atoms with van der Waals surface area (Å²) in [7, 11) is 0. The summed E-state index contributed by atoms with van der Waals surface area (Å²) in [5.41, 5.74) is 1.47. The highest BCUT2D eigenvalue weighted by molar-refractivity contribution is 5.29. The van der Waals surface area contributed by atoms with Crippen LogP contribution in [0.3, 0.4) is 0 Å². The van der Waals surface area contributed by atoms with Crippen LogP contribution in [0.5, 0.6) is 0 Å². The highest BCUT2D eigenvalue weighted by atomic mass is 14.9. The van der Waals surface area contributed by atoms with Crippen LogP contribution < -0.4 is 0 Å². The third-order valence-electron chi connectivity index (χ3n) is 6.29. The molecule has 0 heteroatoms. The highest BCUT2D eigenvalue weighted by Crippen LogP contribution is 2.87. The van der Waals surface area contributed by atoms with E-state index in [1.54, 1.807) is 6.42 Å². The lowest BCUT2D eigenvalue weighted by Gasteiger charge is -2.63. The summed E-state index contributed by atoms with van der Waals surface area (Å²) in [6.07, 6.45) is 4.44. The molecule has 6 atom stereocenters. The van der Waals surface area contributed by atoms with E-state index in [-0.39, 0.29) is 0 Å². The van der Waals surface area contributed by atoms with Gasteiger partial charge in [0.25, 0.3) is 0 Å². The highest BCUT2D eigenvalue weighted by Gasteiger charge is 2.81. The summed E-state index contributed by atoms with van der Waals surface area (Å²) in [4.78, 5) is 0.